The summed E-state index contributed by atoms with van der Waals surface area (Å²) in [6, 6.07) is 21.5. The average Bonchev–Trinajstić information content (AvgIpc) is 3.99. The molecule has 0 radical (unpaired) electrons. The summed E-state index contributed by atoms with van der Waals surface area (Å²) in [5, 5.41) is 40.0. The Labute approximate surface area is 423 Å². The maximum absolute atomic E-state index is 13.5. The quantitative estimate of drug-likeness (QED) is 0.104. The number of imide groups is 1. The number of carbonyl (C=O) groups excluding carboxylic acids is 4. The molecule has 5 aliphatic heterocycles. The van der Waals surface area contributed by atoms with Crippen LogP contribution in [-0.4, -0.2) is 176 Å². The fourth-order valence-electron chi connectivity index (χ4n) is 10.5. The van der Waals surface area contributed by atoms with E-state index >= 15 is 0 Å². The molecule has 5 N–H and O–H groups in total. The lowest BCUT2D eigenvalue weighted by Crippen LogP contribution is -2.57. The average molecular weight is 998 g/mol. The molecule has 0 saturated carbocycles. The van der Waals surface area contributed by atoms with E-state index in [4.69, 9.17) is 15.2 Å². The normalized spacial score (nSPS) is 21.3. The number of rotatable bonds is 16. The maximum atomic E-state index is 13.5. The number of piperidine rings is 2. The number of anilines is 3. The van der Waals surface area contributed by atoms with Gasteiger partial charge < -0.3 is 45.4 Å². The summed E-state index contributed by atoms with van der Waals surface area (Å²) in [4.78, 5) is 64.6. The smallest absolute Gasteiger partial charge is 0.265 e. The second-order valence-corrected chi connectivity index (χ2v) is 19.4. The molecule has 3 aromatic carbocycles. The van der Waals surface area contributed by atoms with Crippen molar-refractivity contribution in [1.82, 2.24) is 50.1 Å². The molecule has 4 atom stereocenters. The van der Waals surface area contributed by atoms with Gasteiger partial charge in [-0.3, -0.25) is 38.6 Å². The largest absolute Gasteiger partial charge is 0.507 e. The number of aryl methyl sites for hydroxylation is 1. The number of nitrogens with one attached hydrogen (secondary N) is 1. The standard InChI is InChI=1S/C52H63N13O8/c1-34(72-44-11-4-9-39-48(44)52(71)65(51(39)70)42-16-17-46(67)54-50(42)69)41-33-64(58-56-41)22-18-47(68)62-29-25-60(26-30-62)20-6-19-59-23-27-61(28-24-59)35-12-14-36(15-13-35)63-21-5-7-37(32-63)73-45-31-40(55-57-49(45)53)38-8-2-3-10-43(38)66/h2-4,8-15,31,33-34,37,42,50,66,69H,5-7,16-30,32H2,1H3,(H2,53,57)(H,54,67)/t34?,37-,42?,50?/m0/s1. The Morgan fingerprint density at radius 3 is 2.25 bits per heavy atom. The van der Waals surface area contributed by atoms with Gasteiger partial charge in [-0.25, -0.2) is 0 Å². The molecule has 4 saturated heterocycles. The Balaban J connectivity index is 0.613. The molecule has 21 heteroatoms. The molecule has 5 aromatic rings. The molecular weight excluding hydrogens is 935 g/mol. The van der Waals surface area contributed by atoms with Gasteiger partial charge in [-0.2, -0.15) is 0 Å². The van der Waals surface area contributed by atoms with E-state index in [9.17, 15) is 29.4 Å². The van der Waals surface area contributed by atoms with E-state index in [0.717, 1.165) is 95.3 Å². The number of phenols is 1. The Kier molecular flexibility index (Phi) is 14.7. The third-order valence-corrected chi connectivity index (χ3v) is 14.7. The van der Waals surface area contributed by atoms with Crippen LogP contribution in [0.25, 0.3) is 11.3 Å². The van der Waals surface area contributed by atoms with Crippen LogP contribution >= 0.6 is 0 Å². The van der Waals surface area contributed by atoms with Gasteiger partial charge >= 0.3 is 0 Å². The third kappa shape index (κ3) is 11.0. The van der Waals surface area contributed by atoms with E-state index in [1.54, 1.807) is 60.3 Å². The summed E-state index contributed by atoms with van der Waals surface area (Å²) in [7, 11) is 0. The van der Waals surface area contributed by atoms with E-state index in [1.807, 2.05) is 11.0 Å². The summed E-state index contributed by atoms with van der Waals surface area (Å²) in [6.45, 7) is 12.9. The minimum atomic E-state index is -1.36. The highest BCUT2D eigenvalue weighted by Crippen LogP contribution is 2.37. The predicted octanol–water partition coefficient (Wildman–Crippen LogP) is 3.15. The van der Waals surface area contributed by atoms with Crippen molar-refractivity contribution in [3.63, 3.8) is 0 Å². The number of piperazine rings is 2. The van der Waals surface area contributed by atoms with E-state index in [2.05, 4.69) is 69.7 Å². The zero-order chi connectivity index (χ0) is 50.6. The van der Waals surface area contributed by atoms with E-state index in [1.165, 1.54) is 5.69 Å². The molecule has 7 heterocycles. The molecule has 4 amide bonds. The number of amides is 4. The number of nitrogens with zero attached hydrogens (tertiary/aromatic N) is 11. The number of hydrogen-bond donors (Lipinski definition) is 4. The van der Waals surface area contributed by atoms with Crippen LogP contribution < -0.4 is 30.3 Å². The first-order valence-electron chi connectivity index (χ1n) is 25.4. The van der Waals surface area contributed by atoms with Crippen molar-refractivity contribution in [1.29, 1.82) is 0 Å². The topological polar surface area (TPSA) is 241 Å². The Hall–Kier alpha value is -7.36. The minimum absolute atomic E-state index is 0.0680. The van der Waals surface area contributed by atoms with Crippen LogP contribution in [0.5, 0.6) is 17.2 Å². The number of ether oxygens (including phenoxy) is 2. The fraction of sp³-hybridized carbons (Fsp3) is 0.462. The summed E-state index contributed by atoms with van der Waals surface area (Å²) >= 11 is 0. The number of phenolic OH excluding ortho intramolecular Hbond substituents is 1. The van der Waals surface area contributed by atoms with Crippen molar-refractivity contribution in [3.05, 3.63) is 95.8 Å². The number of aliphatic hydroxyl groups excluding tert-OH is 1. The zero-order valence-electron chi connectivity index (χ0n) is 41.1. The van der Waals surface area contributed by atoms with Gasteiger partial charge in [0.05, 0.1) is 36.5 Å². The van der Waals surface area contributed by atoms with Crippen LogP contribution in [0.2, 0.25) is 0 Å². The lowest BCUT2D eigenvalue weighted by atomic mass is 10.0. The van der Waals surface area contributed by atoms with Gasteiger partial charge in [-0.05, 0) is 94.2 Å². The van der Waals surface area contributed by atoms with Crippen LogP contribution in [0.3, 0.4) is 0 Å². The SMILES string of the molecule is CC(Oc1cccc2c1C(=O)N(C1CCC(=O)NC1O)C2=O)c1cn(CCC(=O)N2CCN(CCCN3CCN(c4ccc(N5CCC[C@H](Oc6cc(-c7ccccc7O)nnc6N)C5)cc4)CC3)CC2)nn1. The summed E-state index contributed by atoms with van der Waals surface area (Å²) < 4.78 is 14.2. The molecule has 21 nitrogen and oxygen atoms in total. The van der Waals surface area contributed by atoms with Crippen molar-refractivity contribution in [3.8, 4) is 28.5 Å². The van der Waals surface area contributed by atoms with Crippen molar-refractivity contribution in [2.24, 2.45) is 0 Å². The molecule has 2 aromatic heterocycles. The van der Waals surface area contributed by atoms with Crippen LogP contribution in [0.15, 0.2) is 79.0 Å². The number of para-hydroxylation sites is 1. The first kappa shape index (κ1) is 49.2. The molecule has 10 rings (SSSR count). The first-order valence-corrected chi connectivity index (χ1v) is 25.4. The number of aromatic nitrogens is 5. The summed E-state index contributed by atoms with van der Waals surface area (Å²) in [5.74, 6) is -0.391. The number of aromatic hydroxyl groups is 1. The van der Waals surface area contributed by atoms with E-state index in [0.29, 0.717) is 42.3 Å². The fourth-order valence-corrected chi connectivity index (χ4v) is 10.5. The number of benzene rings is 3. The van der Waals surface area contributed by atoms with Gasteiger partial charge in [0.2, 0.25) is 11.8 Å². The number of aliphatic hydroxyl groups is 1. The molecule has 0 bridgehead atoms. The van der Waals surface area contributed by atoms with E-state index in [-0.39, 0.29) is 65.6 Å². The number of fused-ring (bicyclic) bond motifs is 1. The zero-order valence-corrected chi connectivity index (χ0v) is 41.1. The highest BCUT2D eigenvalue weighted by Gasteiger charge is 2.46. The summed E-state index contributed by atoms with van der Waals surface area (Å²) in [6.07, 6.45) is 3.15. The molecule has 0 aliphatic carbocycles. The number of nitrogens with two attached hydrogens (primary N) is 1. The molecule has 73 heavy (non-hydrogen) atoms. The van der Waals surface area contributed by atoms with Crippen LogP contribution in [-0.2, 0) is 16.1 Å². The molecule has 0 spiro atoms. The number of hydrogen-bond acceptors (Lipinski definition) is 17. The second-order valence-electron chi connectivity index (χ2n) is 19.4. The molecular formula is C52H63N13O8. The van der Waals surface area contributed by atoms with Crippen molar-refractivity contribution in [2.45, 2.75) is 76.5 Å². The van der Waals surface area contributed by atoms with Gasteiger partial charge in [-0.1, -0.05) is 23.4 Å². The highest BCUT2D eigenvalue weighted by molar-refractivity contribution is 6.23. The molecule has 384 valence electrons. The number of carbonyl (C=O) groups is 4. The van der Waals surface area contributed by atoms with Crippen molar-refractivity contribution in [2.75, 3.05) is 94.1 Å². The first-order chi connectivity index (χ1) is 35.4. The third-order valence-electron chi connectivity index (χ3n) is 14.7. The number of nitrogen functional groups attached to an aromatic ring is 1. The monoisotopic (exact) mass is 997 g/mol. The lowest BCUT2D eigenvalue weighted by molar-refractivity contribution is -0.133. The maximum Gasteiger partial charge on any atom is 0.265 e. The Morgan fingerprint density at radius 2 is 1.51 bits per heavy atom. The van der Waals surface area contributed by atoms with Gasteiger partial charge in [0.25, 0.3) is 11.8 Å². The molecule has 5 aliphatic rings. The van der Waals surface area contributed by atoms with Crippen LogP contribution in [0.4, 0.5) is 17.2 Å². The van der Waals surface area contributed by atoms with Gasteiger partial charge in [0.1, 0.15) is 41.3 Å². The highest BCUT2D eigenvalue weighted by atomic mass is 16.5. The molecule has 4 fully saturated rings. The second kappa shape index (κ2) is 21.8. The van der Waals surface area contributed by atoms with Crippen molar-refractivity contribution >= 4 is 40.8 Å². The lowest BCUT2D eigenvalue weighted by Gasteiger charge is -2.38. The Bertz CT molecular complexity index is 2790. The molecule has 3 unspecified atom stereocenters. The summed E-state index contributed by atoms with van der Waals surface area (Å²) in [5.41, 5.74) is 10.4. The van der Waals surface area contributed by atoms with Crippen LogP contribution in [0, 0.1) is 0 Å². The van der Waals surface area contributed by atoms with Gasteiger partial charge in [0, 0.05) is 94.7 Å². The van der Waals surface area contributed by atoms with Crippen molar-refractivity contribution < 1.29 is 38.9 Å². The van der Waals surface area contributed by atoms with Gasteiger partial charge in [0.15, 0.2) is 11.6 Å². The van der Waals surface area contributed by atoms with Crippen LogP contribution in [0.1, 0.15) is 78.0 Å². The predicted molar refractivity (Wildman–Crippen MR) is 270 cm³/mol. The van der Waals surface area contributed by atoms with E-state index < -0.39 is 30.2 Å². The minimum Gasteiger partial charge on any atom is -0.507 e. The van der Waals surface area contributed by atoms with Gasteiger partial charge in [-0.15, -0.1) is 15.3 Å². The Morgan fingerprint density at radius 1 is 0.795 bits per heavy atom.